The van der Waals surface area contributed by atoms with Gasteiger partial charge in [-0.15, -0.1) is 10.2 Å². The molecule has 0 saturated heterocycles. The van der Waals surface area contributed by atoms with E-state index in [1.807, 2.05) is 36.4 Å². The van der Waals surface area contributed by atoms with Crippen molar-refractivity contribution in [2.24, 2.45) is 0 Å². The second-order valence-electron chi connectivity index (χ2n) is 6.40. The van der Waals surface area contributed by atoms with Crippen molar-refractivity contribution in [1.82, 2.24) is 14.9 Å². The fourth-order valence-corrected chi connectivity index (χ4v) is 5.67. The van der Waals surface area contributed by atoms with Crippen LogP contribution in [0.3, 0.4) is 0 Å². The van der Waals surface area contributed by atoms with Crippen molar-refractivity contribution in [3.8, 4) is 5.75 Å². The van der Waals surface area contributed by atoms with Crippen LogP contribution in [0.25, 0.3) is 0 Å². The molecule has 0 fully saturated rings. The summed E-state index contributed by atoms with van der Waals surface area (Å²) >= 11 is 9.67. The lowest BCUT2D eigenvalue weighted by Crippen LogP contribution is -2.30. The molecule has 1 aromatic heterocycles. The summed E-state index contributed by atoms with van der Waals surface area (Å²) in [4.78, 5) is 0. The van der Waals surface area contributed by atoms with Crippen molar-refractivity contribution in [1.29, 1.82) is 0 Å². The van der Waals surface area contributed by atoms with Crippen molar-refractivity contribution in [2.45, 2.75) is 30.5 Å². The minimum absolute atomic E-state index is 0.169. The highest BCUT2D eigenvalue weighted by Crippen LogP contribution is 2.51. The zero-order valence-electron chi connectivity index (χ0n) is 15.1. The van der Waals surface area contributed by atoms with E-state index in [1.165, 1.54) is 10.6 Å². The molecule has 0 bridgehead atoms. The molecule has 0 N–H and O–H groups in total. The van der Waals surface area contributed by atoms with E-state index in [0.29, 0.717) is 6.61 Å². The molecule has 1 unspecified atom stereocenters. The van der Waals surface area contributed by atoms with Crippen molar-refractivity contribution in [2.75, 3.05) is 5.01 Å². The summed E-state index contributed by atoms with van der Waals surface area (Å²) in [5.41, 5.74) is 2.19. The van der Waals surface area contributed by atoms with Crippen LogP contribution in [-0.4, -0.2) is 14.9 Å². The van der Waals surface area contributed by atoms with E-state index in [2.05, 4.69) is 44.3 Å². The first-order valence-corrected chi connectivity index (χ1v) is 11.1. The summed E-state index contributed by atoms with van der Waals surface area (Å²) in [5, 5.41) is 16.1. The maximum atomic E-state index is 6.20. The highest BCUT2D eigenvalue weighted by Gasteiger charge is 2.39. The molecule has 0 spiro atoms. The lowest BCUT2D eigenvalue weighted by atomic mass is 10.2. The number of hydrogen-bond donors (Lipinski definition) is 0. The lowest BCUT2D eigenvalue weighted by Gasteiger charge is -2.25. The largest absolute Gasteiger partial charge is 0.489 e. The zero-order valence-corrected chi connectivity index (χ0v) is 17.5. The molecule has 2 aromatic carbocycles. The molecule has 2 aliphatic rings. The Hall–Kier alpha value is -2.09. The average Bonchev–Trinajstić information content (AvgIpc) is 3.39. The van der Waals surface area contributed by atoms with Gasteiger partial charge in [0, 0.05) is 22.4 Å². The summed E-state index contributed by atoms with van der Waals surface area (Å²) in [5.74, 6) is 1.81. The number of benzene rings is 2. The SMILES string of the molecule is CCc1nnc2n1N1C(=CSC1c1ccc(OCc3ccccc3Cl)cc1)S2. The molecule has 8 heteroatoms. The number of fused-ring (bicyclic) bond motifs is 3. The molecule has 1 atom stereocenters. The first-order valence-electron chi connectivity index (χ1n) is 8.98. The third-order valence-corrected chi connectivity index (χ3v) is 7.23. The van der Waals surface area contributed by atoms with E-state index in [-0.39, 0.29) is 5.37 Å². The van der Waals surface area contributed by atoms with E-state index in [4.69, 9.17) is 16.3 Å². The molecule has 0 amide bonds. The number of aromatic nitrogens is 3. The van der Waals surface area contributed by atoms with Crippen LogP contribution in [0.1, 0.15) is 29.2 Å². The van der Waals surface area contributed by atoms with Gasteiger partial charge < -0.3 is 4.74 Å². The van der Waals surface area contributed by atoms with Gasteiger partial charge in [0.2, 0.25) is 5.16 Å². The summed E-state index contributed by atoms with van der Waals surface area (Å²) in [6.07, 6.45) is 0.851. The molecule has 0 aliphatic carbocycles. The Balaban J connectivity index is 1.33. The Morgan fingerprint density at radius 2 is 1.93 bits per heavy atom. The van der Waals surface area contributed by atoms with Crippen molar-refractivity contribution in [3.63, 3.8) is 0 Å². The van der Waals surface area contributed by atoms with Crippen LogP contribution in [0.5, 0.6) is 5.75 Å². The van der Waals surface area contributed by atoms with Gasteiger partial charge in [0.25, 0.3) is 0 Å². The van der Waals surface area contributed by atoms with Gasteiger partial charge in [-0.1, -0.05) is 60.6 Å². The Morgan fingerprint density at radius 3 is 2.71 bits per heavy atom. The van der Waals surface area contributed by atoms with Gasteiger partial charge in [-0.05, 0) is 35.5 Å². The molecule has 0 radical (unpaired) electrons. The van der Waals surface area contributed by atoms with Crippen LogP contribution in [0, 0.1) is 0 Å². The number of ether oxygens (including phenoxy) is 1. The number of thioether (sulfide) groups is 2. The van der Waals surface area contributed by atoms with E-state index < -0.39 is 0 Å². The van der Waals surface area contributed by atoms with Gasteiger partial charge in [-0.2, -0.15) is 0 Å². The topological polar surface area (TPSA) is 43.2 Å². The fourth-order valence-electron chi connectivity index (χ4n) is 3.24. The minimum atomic E-state index is 0.169. The number of rotatable bonds is 5. The van der Waals surface area contributed by atoms with Crippen LogP contribution < -0.4 is 9.75 Å². The predicted molar refractivity (Wildman–Crippen MR) is 114 cm³/mol. The maximum Gasteiger partial charge on any atom is 0.216 e. The molecule has 3 heterocycles. The molecule has 3 aromatic rings. The van der Waals surface area contributed by atoms with Gasteiger partial charge in [0.15, 0.2) is 5.82 Å². The third kappa shape index (κ3) is 3.07. The van der Waals surface area contributed by atoms with E-state index in [1.54, 1.807) is 23.5 Å². The van der Waals surface area contributed by atoms with Crippen molar-refractivity contribution >= 4 is 35.1 Å². The Morgan fingerprint density at radius 1 is 1.11 bits per heavy atom. The molecular formula is C20H17ClN4OS2. The summed E-state index contributed by atoms with van der Waals surface area (Å²) < 4.78 is 8.05. The van der Waals surface area contributed by atoms with Crippen LogP contribution in [-0.2, 0) is 13.0 Å². The minimum Gasteiger partial charge on any atom is -0.489 e. The molecule has 2 aliphatic heterocycles. The Bertz CT molecular complexity index is 1050. The van der Waals surface area contributed by atoms with Gasteiger partial charge in [0.1, 0.15) is 22.8 Å². The number of aryl methyl sites for hydroxylation is 1. The van der Waals surface area contributed by atoms with E-state index in [9.17, 15) is 0 Å². The highest BCUT2D eigenvalue weighted by molar-refractivity contribution is 8.07. The quantitative estimate of drug-likeness (QED) is 0.545. The van der Waals surface area contributed by atoms with Crippen LogP contribution in [0.2, 0.25) is 5.02 Å². The number of hydrogen-bond acceptors (Lipinski definition) is 6. The van der Waals surface area contributed by atoms with Crippen LogP contribution in [0.4, 0.5) is 0 Å². The smallest absolute Gasteiger partial charge is 0.216 e. The zero-order chi connectivity index (χ0) is 19.1. The van der Waals surface area contributed by atoms with Crippen LogP contribution in [0.15, 0.2) is 64.1 Å². The first-order chi connectivity index (χ1) is 13.7. The van der Waals surface area contributed by atoms with Gasteiger partial charge in [-0.25, -0.2) is 4.68 Å². The van der Waals surface area contributed by atoms with Gasteiger partial charge >= 0.3 is 0 Å². The summed E-state index contributed by atoms with van der Waals surface area (Å²) in [6, 6.07) is 16.0. The third-order valence-electron chi connectivity index (χ3n) is 4.67. The first kappa shape index (κ1) is 18.0. The average molecular weight is 429 g/mol. The molecule has 28 heavy (non-hydrogen) atoms. The second-order valence-corrected chi connectivity index (χ2v) is 8.75. The molecule has 142 valence electrons. The van der Waals surface area contributed by atoms with Gasteiger partial charge in [0.05, 0.1) is 0 Å². The molecular weight excluding hydrogens is 412 g/mol. The molecule has 0 saturated carbocycles. The fraction of sp³-hybridized carbons (Fsp3) is 0.200. The maximum absolute atomic E-state index is 6.20. The predicted octanol–water partition coefficient (Wildman–Crippen LogP) is 5.36. The van der Waals surface area contributed by atoms with E-state index >= 15 is 0 Å². The monoisotopic (exact) mass is 428 g/mol. The van der Waals surface area contributed by atoms with Crippen LogP contribution >= 0.6 is 35.1 Å². The molecule has 5 nitrogen and oxygen atoms in total. The van der Waals surface area contributed by atoms with Crippen molar-refractivity contribution < 1.29 is 4.74 Å². The number of halogens is 1. The standard InChI is InChI=1S/C20H17ClN4OS2/c1-2-17-22-23-20-24(17)25-18(28-20)12-27-19(25)13-7-9-15(10-8-13)26-11-14-5-3-4-6-16(14)21/h3-10,12,19H,2,11H2,1H3. The van der Waals surface area contributed by atoms with Crippen molar-refractivity contribution in [3.05, 3.63) is 80.9 Å². The van der Waals surface area contributed by atoms with E-state index in [0.717, 1.165) is 33.7 Å². The Labute approximate surface area is 176 Å². The normalized spacial score (nSPS) is 17.4. The molecule has 5 rings (SSSR count). The summed E-state index contributed by atoms with van der Waals surface area (Å²) in [6.45, 7) is 2.56. The Kier molecular flexibility index (Phi) is 4.74. The van der Waals surface area contributed by atoms with Gasteiger partial charge in [-0.3, -0.25) is 5.01 Å². The lowest BCUT2D eigenvalue weighted by molar-refractivity contribution is 0.306. The highest BCUT2D eigenvalue weighted by atomic mass is 35.5. The summed E-state index contributed by atoms with van der Waals surface area (Å²) in [7, 11) is 0. The number of nitrogens with zero attached hydrogens (tertiary/aromatic N) is 4. The second kappa shape index (κ2) is 7.39.